The van der Waals surface area contributed by atoms with E-state index in [1.807, 2.05) is 42.5 Å². The number of hydrogen-bond donors (Lipinski definition) is 1. The summed E-state index contributed by atoms with van der Waals surface area (Å²) < 4.78 is 0. The number of carbonyl (C=O) groups is 1. The van der Waals surface area contributed by atoms with Crippen LogP contribution in [0, 0.1) is 0 Å². The van der Waals surface area contributed by atoms with Crippen LogP contribution < -0.4 is 4.90 Å². The number of rotatable bonds is 4. The Labute approximate surface area is 106 Å². The molecule has 2 aromatic rings. The Morgan fingerprint density at radius 1 is 1.17 bits per heavy atom. The molecule has 2 rings (SSSR count). The quantitative estimate of drug-likeness (QED) is 0.886. The average Bonchev–Trinajstić information content (AvgIpc) is 2.46. The Balaban J connectivity index is 2.24. The first-order valence-corrected chi connectivity index (χ1v) is 5.66. The second kappa shape index (κ2) is 5.93. The van der Waals surface area contributed by atoms with Crippen LogP contribution in [0.2, 0.25) is 0 Å². The van der Waals surface area contributed by atoms with Gasteiger partial charge in [0.1, 0.15) is 6.61 Å². The van der Waals surface area contributed by atoms with Crippen LogP contribution in [0.25, 0.3) is 0 Å². The van der Waals surface area contributed by atoms with E-state index >= 15 is 0 Å². The van der Waals surface area contributed by atoms with E-state index in [-0.39, 0.29) is 5.91 Å². The molecule has 0 unspecified atom stereocenters. The van der Waals surface area contributed by atoms with Gasteiger partial charge in [0.25, 0.3) is 5.91 Å². The molecular weight excluding hydrogens is 228 g/mol. The van der Waals surface area contributed by atoms with Gasteiger partial charge in [0, 0.05) is 18.1 Å². The van der Waals surface area contributed by atoms with Gasteiger partial charge in [0.05, 0.1) is 6.54 Å². The van der Waals surface area contributed by atoms with Gasteiger partial charge in [-0.15, -0.1) is 0 Å². The van der Waals surface area contributed by atoms with Crippen molar-refractivity contribution < 1.29 is 9.90 Å². The van der Waals surface area contributed by atoms with Crippen LogP contribution in [-0.2, 0) is 11.3 Å². The minimum atomic E-state index is -0.505. The number of anilines is 1. The Hall–Kier alpha value is -2.20. The lowest BCUT2D eigenvalue weighted by Gasteiger charge is -2.21. The molecule has 0 saturated heterocycles. The minimum Gasteiger partial charge on any atom is -0.387 e. The molecule has 4 nitrogen and oxygen atoms in total. The molecule has 0 aliphatic heterocycles. The third-order valence-electron chi connectivity index (χ3n) is 2.57. The summed E-state index contributed by atoms with van der Waals surface area (Å²) in [6.07, 6.45) is 3.39. The van der Waals surface area contributed by atoms with E-state index in [0.717, 1.165) is 11.3 Å². The number of aliphatic hydroxyl groups excluding tert-OH is 1. The summed E-state index contributed by atoms with van der Waals surface area (Å²) in [4.78, 5) is 17.3. The lowest BCUT2D eigenvalue weighted by Crippen LogP contribution is -2.32. The first-order valence-electron chi connectivity index (χ1n) is 5.66. The lowest BCUT2D eigenvalue weighted by atomic mass is 10.2. The SMILES string of the molecule is O=C(CO)N(Cc1cccnc1)c1ccccc1. The smallest absolute Gasteiger partial charge is 0.252 e. The number of hydrogen-bond acceptors (Lipinski definition) is 3. The third-order valence-corrected chi connectivity index (χ3v) is 2.57. The highest BCUT2D eigenvalue weighted by atomic mass is 16.3. The largest absolute Gasteiger partial charge is 0.387 e. The van der Waals surface area contributed by atoms with E-state index in [9.17, 15) is 4.79 Å². The highest BCUT2D eigenvalue weighted by Crippen LogP contribution is 2.16. The Kier molecular flexibility index (Phi) is 4.04. The standard InChI is InChI=1S/C14H14N2O2/c17-11-14(18)16(13-6-2-1-3-7-13)10-12-5-4-8-15-9-12/h1-9,17H,10-11H2. The zero-order chi connectivity index (χ0) is 12.8. The van der Waals surface area contributed by atoms with E-state index in [2.05, 4.69) is 4.98 Å². The Bertz CT molecular complexity index is 500. The molecule has 0 atom stereocenters. The minimum absolute atomic E-state index is 0.329. The predicted octanol–water partition coefficient (Wildman–Crippen LogP) is 1.61. The number of pyridine rings is 1. The summed E-state index contributed by atoms with van der Waals surface area (Å²) in [7, 11) is 0. The molecule has 0 aliphatic rings. The van der Waals surface area contributed by atoms with Gasteiger partial charge in [-0.1, -0.05) is 24.3 Å². The van der Waals surface area contributed by atoms with Crippen LogP contribution in [0.15, 0.2) is 54.9 Å². The summed E-state index contributed by atoms with van der Waals surface area (Å²) in [5, 5.41) is 9.04. The molecule has 18 heavy (non-hydrogen) atoms. The maximum absolute atomic E-state index is 11.8. The van der Waals surface area contributed by atoms with Crippen molar-refractivity contribution in [3.8, 4) is 0 Å². The molecule has 0 aliphatic carbocycles. The molecule has 1 amide bonds. The molecule has 1 aromatic carbocycles. The van der Waals surface area contributed by atoms with Crippen LogP contribution >= 0.6 is 0 Å². The van der Waals surface area contributed by atoms with E-state index in [1.54, 1.807) is 12.4 Å². The van der Waals surface area contributed by atoms with Crippen molar-refractivity contribution in [1.82, 2.24) is 4.98 Å². The first kappa shape index (κ1) is 12.3. The normalized spacial score (nSPS) is 10.1. The fourth-order valence-corrected chi connectivity index (χ4v) is 1.69. The summed E-state index contributed by atoms with van der Waals surface area (Å²) in [6.45, 7) is -0.105. The first-order chi connectivity index (χ1) is 8.81. The van der Waals surface area contributed by atoms with Crippen molar-refractivity contribution >= 4 is 11.6 Å². The van der Waals surface area contributed by atoms with Crippen LogP contribution in [0.3, 0.4) is 0 Å². The molecule has 0 spiro atoms. The number of carbonyl (C=O) groups excluding carboxylic acids is 1. The van der Waals surface area contributed by atoms with Gasteiger partial charge in [0.15, 0.2) is 0 Å². The molecule has 0 radical (unpaired) electrons. The molecule has 1 aromatic heterocycles. The molecule has 1 heterocycles. The van der Waals surface area contributed by atoms with Crippen molar-refractivity contribution in [3.63, 3.8) is 0 Å². The second-order valence-electron chi connectivity index (χ2n) is 3.83. The van der Waals surface area contributed by atoms with E-state index in [1.165, 1.54) is 4.90 Å². The third kappa shape index (κ3) is 2.93. The highest BCUT2D eigenvalue weighted by molar-refractivity contribution is 5.93. The van der Waals surface area contributed by atoms with E-state index in [0.29, 0.717) is 6.54 Å². The van der Waals surface area contributed by atoms with Crippen LogP contribution in [0.5, 0.6) is 0 Å². The second-order valence-corrected chi connectivity index (χ2v) is 3.83. The van der Waals surface area contributed by atoms with Crippen LogP contribution in [-0.4, -0.2) is 22.6 Å². The number of amides is 1. The molecular formula is C14H14N2O2. The molecule has 0 bridgehead atoms. The molecule has 4 heteroatoms. The maximum Gasteiger partial charge on any atom is 0.252 e. The fraction of sp³-hybridized carbons (Fsp3) is 0.143. The van der Waals surface area contributed by atoms with Gasteiger partial charge in [0.2, 0.25) is 0 Å². The summed E-state index contributed by atoms with van der Waals surface area (Å²) in [6, 6.07) is 13.0. The van der Waals surface area contributed by atoms with Crippen molar-refractivity contribution in [2.45, 2.75) is 6.54 Å². The van der Waals surface area contributed by atoms with Gasteiger partial charge in [-0.3, -0.25) is 9.78 Å². The lowest BCUT2D eigenvalue weighted by molar-refractivity contribution is -0.121. The van der Waals surface area contributed by atoms with Crippen molar-refractivity contribution in [3.05, 3.63) is 60.4 Å². The van der Waals surface area contributed by atoms with Gasteiger partial charge in [-0.25, -0.2) is 0 Å². The zero-order valence-electron chi connectivity index (χ0n) is 9.86. The summed E-state index contributed by atoms with van der Waals surface area (Å²) >= 11 is 0. The van der Waals surface area contributed by atoms with Gasteiger partial charge in [-0.2, -0.15) is 0 Å². The monoisotopic (exact) mass is 242 g/mol. The number of benzene rings is 1. The fourth-order valence-electron chi connectivity index (χ4n) is 1.69. The van der Waals surface area contributed by atoms with Crippen LogP contribution in [0.4, 0.5) is 5.69 Å². The Morgan fingerprint density at radius 3 is 2.56 bits per heavy atom. The molecule has 92 valence electrons. The highest BCUT2D eigenvalue weighted by Gasteiger charge is 2.14. The molecule has 0 saturated carbocycles. The number of aliphatic hydroxyl groups is 1. The number of nitrogens with zero attached hydrogens (tertiary/aromatic N) is 2. The summed E-state index contributed by atoms with van der Waals surface area (Å²) in [5.74, 6) is -0.329. The van der Waals surface area contributed by atoms with Gasteiger partial charge in [-0.05, 0) is 23.8 Å². The van der Waals surface area contributed by atoms with E-state index in [4.69, 9.17) is 5.11 Å². The van der Waals surface area contributed by atoms with Gasteiger partial charge < -0.3 is 10.0 Å². The summed E-state index contributed by atoms with van der Waals surface area (Å²) in [5.41, 5.74) is 1.68. The van der Waals surface area contributed by atoms with Crippen molar-refractivity contribution in [2.24, 2.45) is 0 Å². The topological polar surface area (TPSA) is 53.4 Å². The van der Waals surface area contributed by atoms with Crippen LogP contribution in [0.1, 0.15) is 5.56 Å². The number of aromatic nitrogens is 1. The predicted molar refractivity (Wildman–Crippen MR) is 69.0 cm³/mol. The number of para-hydroxylation sites is 1. The Morgan fingerprint density at radius 2 is 1.94 bits per heavy atom. The van der Waals surface area contributed by atoms with Gasteiger partial charge >= 0.3 is 0 Å². The molecule has 1 N–H and O–H groups in total. The zero-order valence-corrected chi connectivity index (χ0v) is 9.86. The van der Waals surface area contributed by atoms with Crippen molar-refractivity contribution in [1.29, 1.82) is 0 Å². The van der Waals surface area contributed by atoms with Crippen molar-refractivity contribution in [2.75, 3.05) is 11.5 Å². The molecule has 0 fully saturated rings. The maximum atomic E-state index is 11.8. The average molecular weight is 242 g/mol. The van der Waals surface area contributed by atoms with E-state index < -0.39 is 6.61 Å².